The summed E-state index contributed by atoms with van der Waals surface area (Å²) < 4.78 is 5.29. The van der Waals surface area contributed by atoms with Crippen molar-refractivity contribution in [1.82, 2.24) is 15.5 Å². The van der Waals surface area contributed by atoms with Gasteiger partial charge in [0.1, 0.15) is 5.69 Å². The second-order valence-electron chi connectivity index (χ2n) is 6.34. The van der Waals surface area contributed by atoms with Crippen LogP contribution in [0.4, 0.5) is 5.69 Å². The van der Waals surface area contributed by atoms with Crippen LogP contribution < -0.4 is 10.2 Å². The molecule has 3 heterocycles. The molecule has 0 atom stereocenters. The van der Waals surface area contributed by atoms with Crippen LogP contribution in [0, 0.1) is 0 Å². The van der Waals surface area contributed by atoms with Crippen LogP contribution in [-0.2, 0) is 6.54 Å². The van der Waals surface area contributed by atoms with Crippen LogP contribution >= 0.6 is 0 Å². The number of rotatable bonds is 5. The monoisotopic (exact) mass is 348 g/mol. The first kappa shape index (κ1) is 16.3. The Bertz CT molecular complexity index is 868. The van der Waals surface area contributed by atoms with E-state index < -0.39 is 0 Å². The average molecular weight is 348 g/mol. The van der Waals surface area contributed by atoms with Crippen LogP contribution in [0.2, 0.25) is 0 Å². The van der Waals surface area contributed by atoms with Gasteiger partial charge in [-0.25, -0.2) is 0 Å². The summed E-state index contributed by atoms with van der Waals surface area (Å²) in [4.78, 5) is 18.7. The van der Waals surface area contributed by atoms with Crippen LogP contribution in [0.1, 0.15) is 29.0 Å². The van der Waals surface area contributed by atoms with Crippen molar-refractivity contribution in [2.24, 2.45) is 0 Å². The molecule has 1 aliphatic heterocycles. The number of benzene rings is 1. The third-order valence-corrected chi connectivity index (χ3v) is 4.54. The zero-order valence-corrected chi connectivity index (χ0v) is 14.4. The minimum Gasteiger partial charge on any atom is -0.372 e. The maximum absolute atomic E-state index is 12.3. The Morgan fingerprint density at radius 3 is 2.69 bits per heavy atom. The number of aromatic nitrogens is 2. The van der Waals surface area contributed by atoms with E-state index in [1.807, 2.05) is 42.5 Å². The number of carbonyl (C=O) groups excluding carboxylic acids is 1. The summed E-state index contributed by atoms with van der Waals surface area (Å²) in [5.41, 5.74) is 3.40. The topological polar surface area (TPSA) is 71.3 Å². The molecular formula is C20H20N4O2. The van der Waals surface area contributed by atoms with Crippen LogP contribution in [0.3, 0.4) is 0 Å². The molecule has 0 unspecified atom stereocenters. The number of anilines is 1. The number of carbonyl (C=O) groups is 1. The van der Waals surface area contributed by atoms with Crippen molar-refractivity contribution in [3.63, 3.8) is 0 Å². The van der Waals surface area contributed by atoms with Crippen molar-refractivity contribution in [3.8, 4) is 11.3 Å². The first-order chi connectivity index (χ1) is 12.8. The zero-order chi connectivity index (χ0) is 17.8. The number of amides is 1. The maximum Gasteiger partial charge on any atom is 0.251 e. The van der Waals surface area contributed by atoms with Crippen LogP contribution in [0.15, 0.2) is 59.4 Å². The van der Waals surface area contributed by atoms with Gasteiger partial charge in [0.2, 0.25) is 0 Å². The van der Waals surface area contributed by atoms with E-state index in [9.17, 15) is 4.79 Å². The van der Waals surface area contributed by atoms with Crippen LogP contribution in [0.5, 0.6) is 0 Å². The van der Waals surface area contributed by atoms with E-state index in [1.54, 1.807) is 12.4 Å². The van der Waals surface area contributed by atoms with E-state index in [4.69, 9.17) is 4.52 Å². The highest BCUT2D eigenvalue weighted by Gasteiger charge is 2.13. The first-order valence-corrected chi connectivity index (χ1v) is 8.79. The van der Waals surface area contributed by atoms with Crippen LogP contribution in [-0.4, -0.2) is 29.1 Å². The Balaban J connectivity index is 1.36. The molecule has 1 aromatic carbocycles. The van der Waals surface area contributed by atoms with E-state index >= 15 is 0 Å². The molecule has 26 heavy (non-hydrogen) atoms. The molecule has 6 heteroatoms. The fourth-order valence-electron chi connectivity index (χ4n) is 3.12. The highest BCUT2D eigenvalue weighted by atomic mass is 16.5. The number of hydrogen-bond acceptors (Lipinski definition) is 5. The molecule has 3 aromatic rings. The smallest absolute Gasteiger partial charge is 0.251 e. The molecule has 6 nitrogen and oxygen atoms in total. The molecule has 0 spiro atoms. The van der Waals surface area contributed by atoms with Gasteiger partial charge in [0, 0.05) is 48.4 Å². The summed E-state index contributed by atoms with van der Waals surface area (Å²) in [5.74, 6) is 0.475. The molecule has 132 valence electrons. The van der Waals surface area contributed by atoms with Gasteiger partial charge in [-0.3, -0.25) is 9.78 Å². The highest BCUT2D eigenvalue weighted by molar-refractivity contribution is 5.94. The molecule has 1 saturated heterocycles. The van der Waals surface area contributed by atoms with Gasteiger partial charge in [-0.15, -0.1) is 0 Å². The summed E-state index contributed by atoms with van der Waals surface area (Å²) in [6.07, 6.45) is 5.91. The number of hydrogen-bond donors (Lipinski definition) is 1. The SMILES string of the molecule is O=C(NCc1cc(-c2cccnc2)no1)c1ccc(N2CCCC2)cc1. The van der Waals surface area contributed by atoms with E-state index in [1.165, 1.54) is 18.5 Å². The third kappa shape index (κ3) is 3.59. The molecule has 0 saturated carbocycles. The minimum atomic E-state index is -0.128. The predicted molar refractivity (Wildman–Crippen MR) is 98.8 cm³/mol. The Morgan fingerprint density at radius 1 is 1.15 bits per heavy atom. The second-order valence-corrected chi connectivity index (χ2v) is 6.34. The molecule has 0 radical (unpaired) electrons. The van der Waals surface area contributed by atoms with Gasteiger partial charge in [0.05, 0.1) is 6.54 Å². The average Bonchev–Trinajstić information content (AvgIpc) is 3.39. The molecule has 1 N–H and O–H groups in total. The molecule has 4 rings (SSSR count). The number of nitrogens with one attached hydrogen (secondary N) is 1. The van der Waals surface area contributed by atoms with E-state index in [2.05, 4.69) is 20.4 Å². The molecular weight excluding hydrogens is 328 g/mol. The van der Waals surface area contributed by atoms with E-state index in [0.717, 1.165) is 18.7 Å². The Hall–Kier alpha value is -3.15. The first-order valence-electron chi connectivity index (χ1n) is 8.79. The molecule has 0 aliphatic carbocycles. The largest absolute Gasteiger partial charge is 0.372 e. The lowest BCUT2D eigenvalue weighted by Crippen LogP contribution is -2.23. The summed E-state index contributed by atoms with van der Waals surface area (Å²) in [6, 6.07) is 13.3. The third-order valence-electron chi connectivity index (χ3n) is 4.54. The minimum absolute atomic E-state index is 0.128. The van der Waals surface area contributed by atoms with Crippen molar-refractivity contribution < 1.29 is 9.32 Å². The van der Waals surface area contributed by atoms with Crippen molar-refractivity contribution in [3.05, 3.63) is 66.2 Å². The Morgan fingerprint density at radius 2 is 1.96 bits per heavy atom. The lowest BCUT2D eigenvalue weighted by Gasteiger charge is -2.17. The summed E-state index contributed by atoms with van der Waals surface area (Å²) in [7, 11) is 0. The van der Waals surface area contributed by atoms with Gasteiger partial charge in [-0.2, -0.15) is 0 Å². The normalized spacial score (nSPS) is 13.8. The standard InChI is InChI=1S/C20H20N4O2/c25-20(15-5-7-17(8-6-15)24-10-1-2-11-24)22-14-18-12-19(23-26-18)16-4-3-9-21-13-16/h3-9,12-13H,1-2,10-11,14H2,(H,22,25). The second kappa shape index (κ2) is 7.39. The van der Waals surface area contributed by atoms with Crippen molar-refractivity contribution in [1.29, 1.82) is 0 Å². The molecule has 1 fully saturated rings. The summed E-state index contributed by atoms with van der Waals surface area (Å²) in [6.45, 7) is 2.48. The number of nitrogens with zero attached hydrogens (tertiary/aromatic N) is 3. The molecule has 1 aliphatic rings. The maximum atomic E-state index is 12.3. The lowest BCUT2D eigenvalue weighted by molar-refractivity contribution is 0.0947. The quantitative estimate of drug-likeness (QED) is 0.766. The summed E-state index contributed by atoms with van der Waals surface area (Å²) >= 11 is 0. The molecule has 0 bridgehead atoms. The summed E-state index contributed by atoms with van der Waals surface area (Å²) in [5, 5.41) is 6.89. The fourth-order valence-corrected chi connectivity index (χ4v) is 3.12. The van der Waals surface area contributed by atoms with E-state index in [-0.39, 0.29) is 5.91 Å². The van der Waals surface area contributed by atoms with Gasteiger partial charge >= 0.3 is 0 Å². The highest BCUT2D eigenvalue weighted by Crippen LogP contribution is 2.21. The van der Waals surface area contributed by atoms with Crippen molar-refractivity contribution in [2.45, 2.75) is 19.4 Å². The van der Waals surface area contributed by atoms with Gasteiger partial charge < -0.3 is 14.7 Å². The predicted octanol–water partition coefficient (Wildman–Crippen LogP) is 3.27. The van der Waals surface area contributed by atoms with Crippen molar-refractivity contribution in [2.75, 3.05) is 18.0 Å². The molecule has 1 amide bonds. The van der Waals surface area contributed by atoms with E-state index in [0.29, 0.717) is 23.6 Å². The fraction of sp³-hybridized carbons (Fsp3) is 0.250. The van der Waals surface area contributed by atoms with Crippen molar-refractivity contribution >= 4 is 11.6 Å². The van der Waals surface area contributed by atoms with Gasteiger partial charge in [0.25, 0.3) is 5.91 Å². The number of pyridine rings is 1. The van der Waals surface area contributed by atoms with Gasteiger partial charge in [-0.05, 0) is 49.2 Å². The zero-order valence-electron chi connectivity index (χ0n) is 14.4. The molecule has 2 aromatic heterocycles. The lowest BCUT2D eigenvalue weighted by atomic mass is 10.2. The van der Waals surface area contributed by atoms with Gasteiger partial charge in [-0.1, -0.05) is 5.16 Å². The Kier molecular flexibility index (Phi) is 4.64. The van der Waals surface area contributed by atoms with Crippen LogP contribution in [0.25, 0.3) is 11.3 Å². The van der Waals surface area contributed by atoms with Gasteiger partial charge in [0.15, 0.2) is 5.76 Å². The Labute approximate surface area is 151 Å².